The van der Waals surface area contributed by atoms with E-state index in [1.165, 1.54) is 55.6 Å². The summed E-state index contributed by atoms with van der Waals surface area (Å²) in [5.74, 6) is 0. The maximum Gasteiger partial charge on any atom is 0.159 e. The topological polar surface area (TPSA) is 16.4 Å². The summed E-state index contributed by atoms with van der Waals surface area (Å²) in [7, 11) is 0. The van der Waals surface area contributed by atoms with E-state index in [0.717, 1.165) is 39.0 Å². The van der Waals surface area contributed by atoms with Crippen LogP contribution in [0.3, 0.4) is 0 Å². The van der Waals surface area contributed by atoms with Crippen LogP contribution in [-0.4, -0.2) is 0 Å². The van der Waals surface area contributed by atoms with Crippen molar-refractivity contribution in [2.45, 2.75) is 5.41 Å². The third-order valence-electron chi connectivity index (χ3n) is 11.3. The van der Waals surface area contributed by atoms with Crippen LogP contribution in [0.1, 0.15) is 33.4 Å². The fourth-order valence-electron chi connectivity index (χ4n) is 9.12. The van der Waals surface area contributed by atoms with Gasteiger partial charge in [0.1, 0.15) is 5.58 Å². The van der Waals surface area contributed by atoms with Crippen molar-refractivity contribution in [2.24, 2.45) is 0 Å². The predicted octanol–water partition coefficient (Wildman–Crippen LogP) is 13.6. The van der Waals surface area contributed by atoms with Gasteiger partial charge in [-0.1, -0.05) is 170 Å². The number of para-hydroxylation sites is 2. The maximum absolute atomic E-state index is 6.76. The zero-order valence-electron chi connectivity index (χ0n) is 28.9. The lowest BCUT2D eigenvalue weighted by molar-refractivity contribution is 0.669. The van der Waals surface area contributed by atoms with Crippen molar-refractivity contribution in [2.75, 3.05) is 4.90 Å². The lowest BCUT2D eigenvalue weighted by Gasteiger charge is -2.35. The molecule has 0 radical (unpaired) electrons. The molecule has 9 aromatic rings. The number of hydrogen-bond acceptors (Lipinski definition) is 2. The monoisotopic (exact) mass is 675 g/mol. The van der Waals surface area contributed by atoms with Gasteiger partial charge in [0.2, 0.25) is 0 Å². The van der Waals surface area contributed by atoms with Crippen LogP contribution >= 0.6 is 0 Å². The highest BCUT2D eigenvalue weighted by Crippen LogP contribution is 2.61. The number of fused-ring (bicyclic) bond motifs is 12. The van der Waals surface area contributed by atoms with Gasteiger partial charge in [0.15, 0.2) is 5.58 Å². The largest absolute Gasteiger partial charge is 0.454 e. The molecular formula is C51H33NO. The summed E-state index contributed by atoms with van der Waals surface area (Å²) in [5.41, 5.74) is 16.9. The van der Waals surface area contributed by atoms with E-state index in [1.807, 2.05) is 6.07 Å². The summed E-state index contributed by atoms with van der Waals surface area (Å²) in [4.78, 5) is 2.42. The summed E-state index contributed by atoms with van der Waals surface area (Å²) in [6, 6.07) is 68.2. The molecule has 2 nitrogen and oxygen atoms in total. The second-order valence-corrected chi connectivity index (χ2v) is 14.0. The van der Waals surface area contributed by atoms with E-state index in [9.17, 15) is 0 Å². The fraction of sp³-hybridized carbons (Fsp3) is 0.0196. The molecule has 0 saturated heterocycles. The van der Waals surface area contributed by atoms with E-state index < -0.39 is 5.41 Å². The highest BCUT2D eigenvalue weighted by molar-refractivity contribution is 6.11. The first-order chi connectivity index (χ1) is 26.3. The van der Waals surface area contributed by atoms with Crippen LogP contribution in [0.4, 0.5) is 17.1 Å². The summed E-state index contributed by atoms with van der Waals surface area (Å²) >= 11 is 0. The SMILES string of the molecule is C1=Cc2ccccc2C2(c3ccccc31)c1ccccc1-c1c(N(c3ccc(-c4ccccc4)cc3)c3cccc4c3oc3ccccc34)cccc12. The molecule has 0 aliphatic heterocycles. The molecular weight excluding hydrogens is 643 g/mol. The van der Waals surface area contributed by atoms with Crippen LogP contribution in [0, 0.1) is 0 Å². The van der Waals surface area contributed by atoms with Gasteiger partial charge in [-0.2, -0.15) is 0 Å². The van der Waals surface area contributed by atoms with Gasteiger partial charge < -0.3 is 9.32 Å². The van der Waals surface area contributed by atoms with Crippen LogP contribution in [0.2, 0.25) is 0 Å². The lowest BCUT2D eigenvalue weighted by Crippen LogP contribution is -2.30. The Bertz CT molecular complexity index is 2850. The number of hydrogen-bond donors (Lipinski definition) is 0. The van der Waals surface area contributed by atoms with Gasteiger partial charge >= 0.3 is 0 Å². The Balaban J connectivity index is 1.24. The summed E-state index contributed by atoms with van der Waals surface area (Å²) in [6.45, 7) is 0. The highest BCUT2D eigenvalue weighted by Gasteiger charge is 2.49. The zero-order chi connectivity index (χ0) is 34.9. The molecule has 1 heterocycles. The third kappa shape index (κ3) is 4.27. The van der Waals surface area contributed by atoms with E-state index >= 15 is 0 Å². The molecule has 0 bridgehead atoms. The molecule has 53 heavy (non-hydrogen) atoms. The van der Waals surface area contributed by atoms with Gasteiger partial charge in [-0.15, -0.1) is 0 Å². The minimum Gasteiger partial charge on any atom is -0.454 e. The highest BCUT2D eigenvalue weighted by atomic mass is 16.3. The third-order valence-corrected chi connectivity index (χ3v) is 11.3. The maximum atomic E-state index is 6.76. The molecule has 0 N–H and O–H groups in total. The first-order valence-corrected chi connectivity index (χ1v) is 18.3. The molecule has 0 unspecified atom stereocenters. The van der Waals surface area contributed by atoms with Crippen molar-refractivity contribution in [1.29, 1.82) is 0 Å². The summed E-state index contributed by atoms with van der Waals surface area (Å²) < 4.78 is 6.76. The zero-order valence-corrected chi connectivity index (χ0v) is 28.9. The molecule has 0 fully saturated rings. The molecule has 2 aliphatic rings. The average molecular weight is 676 g/mol. The first kappa shape index (κ1) is 29.8. The fourth-order valence-corrected chi connectivity index (χ4v) is 9.12. The number of nitrogens with zero attached hydrogens (tertiary/aromatic N) is 1. The van der Waals surface area contributed by atoms with E-state index in [-0.39, 0.29) is 0 Å². The Morgan fingerprint density at radius 2 is 0.962 bits per heavy atom. The van der Waals surface area contributed by atoms with Gasteiger partial charge in [0, 0.05) is 22.0 Å². The van der Waals surface area contributed by atoms with Crippen molar-refractivity contribution in [3.63, 3.8) is 0 Å². The number of anilines is 3. The Morgan fingerprint density at radius 3 is 1.74 bits per heavy atom. The normalized spacial score (nSPS) is 13.4. The molecule has 8 aromatic carbocycles. The Hall–Kier alpha value is -6.90. The minimum absolute atomic E-state index is 0.521. The molecule has 2 aliphatic carbocycles. The van der Waals surface area contributed by atoms with Gasteiger partial charge in [0.05, 0.1) is 16.8 Å². The number of benzene rings is 8. The van der Waals surface area contributed by atoms with E-state index in [4.69, 9.17) is 4.42 Å². The van der Waals surface area contributed by atoms with Gasteiger partial charge in [-0.05, 0) is 80.4 Å². The lowest BCUT2D eigenvalue weighted by atomic mass is 9.66. The Labute approximate surface area is 308 Å². The number of rotatable bonds is 4. The van der Waals surface area contributed by atoms with Crippen LogP contribution in [0.15, 0.2) is 192 Å². The molecule has 0 atom stereocenters. The van der Waals surface area contributed by atoms with Crippen LogP contribution in [0.25, 0.3) is 56.3 Å². The van der Waals surface area contributed by atoms with Crippen molar-refractivity contribution in [1.82, 2.24) is 0 Å². The molecule has 11 rings (SSSR count). The molecule has 248 valence electrons. The summed E-state index contributed by atoms with van der Waals surface area (Å²) in [6.07, 6.45) is 4.58. The molecule has 2 heteroatoms. The second-order valence-electron chi connectivity index (χ2n) is 14.0. The van der Waals surface area contributed by atoms with Gasteiger partial charge in [-0.25, -0.2) is 0 Å². The summed E-state index contributed by atoms with van der Waals surface area (Å²) in [5, 5.41) is 2.22. The molecule has 1 aromatic heterocycles. The van der Waals surface area contributed by atoms with Crippen LogP contribution < -0.4 is 4.90 Å². The Kier molecular flexibility index (Phi) is 6.50. The van der Waals surface area contributed by atoms with Crippen molar-refractivity contribution in [3.8, 4) is 22.3 Å². The van der Waals surface area contributed by atoms with E-state index in [2.05, 4.69) is 199 Å². The predicted molar refractivity (Wildman–Crippen MR) is 220 cm³/mol. The van der Waals surface area contributed by atoms with Crippen LogP contribution in [0.5, 0.6) is 0 Å². The quantitative estimate of drug-likeness (QED) is 0.185. The first-order valence-electron chi connectivity index (χ1n) is 18.3. The van der Waals surface area contributed by atoms with E-state index in [0.29, 0.717) is 0 Å². The molecule has 0 saturated carbocycles. The smallest absolute Gasteiger partial charge is 0.159 e. The van der Waals surface area contributed by atoms with Crippen molar-refractivity contribution < 1.29 is 4.42 Å². The second kappa shape index (κ2) is 11.6. The molecule has 0 amide bonds. The number of furan rings is 1. The van der Waals surface area contributed by atoms with Crippen molar-refractivity contribution in [3.05, 3.63) is 221 Å². The van der Waals surface area contributed by atoms with Gasteiger partial charge in [0.25, 0.3) is 0 Å². The van der Waals surface area contributed by atoms with Crippen LogP contribution in [-0.2, 0) is 5.41 Å². The van der Waals surface area contributed by atoms with Crippen molar-refractivity contribution >= 4 is 51.2 Å². The minimum atomic E-state index is -0.521. The van der Waals surface area contributed by atoms with Gasteiger partial charge in [-0.3, -0.25) is 0 Å². The Morgan fingerprint density at radius 1 is 0.396 bits per heavy atom. The molecule has 1 spiro atoms. The van der Waals surface area contributed by atoms with E-state index in [1.54, 1.807) is 0 Å². The standard InChI is InChI=1S/C51H33NO/c1-2-14-34(15-3-1)35-30-32-38(33-31-35)52(47-26-12-20-40-39-18-7-11-27-48(39)53-50(40)47)46-25-13-24-45-49(46)41-19-6-10-23-44(41)51(45)42-21-8-4-16-36(42)28-29-37-17-5-9-22-43(37)51/h1-33H. The average Bonchev–Trinajstić information content (AvgIpc) is 3.71.